The first-order valence-corrected chi connectivity index (χ1v) is 12.7. The van der Waals surface area contributed by atoms with Crippen molar-refractivity contribution in [2.45, 2.75) is 0 Å². The van der Waals surface area contributed by atoms with E-state index in [1.165, 1.54) is 34.8 Å². The van der Waals surface area contributed by atoms with Gasteiger partial charge in [0.1, 0.15) is 54.8 Å². The van der Waals surface area contributed by atoms with Crippen molar-refractivity contribution in [2.24, 2.45) is 0 Å². The smallest absolute Gasteiger partial charge is 0.276 e. The molecular formula is C25H21N5O6S2. The highest BCUT2D eigenvalue weighted by molar-refractivity contribution is 7.23. The second-order valence-corrected chi connectivity index (χ2v) is 9.65. The number of nitrogens with one attached hydrogen (secondary N) is 2. The summed E-state index contributed by atoms with van der Waals surface area (Å²) in [6, 6.07) is 11.6. The van der Waals surface area contributed by atoms with Gasteiger partial charge in [0.15, 0.2) is 10.3 Å². The van der Waals surface area contributed by atoms with Gasteiger partial charge in [0.05, 0.1) is 28.4 Å². The molecule has 0 fully saturated rings. The average molecular weight is 552 g/mol. The van der Waals surface area contributed by atoms with E-state index in [0.29, 0.717) is 44.3 Å². The van der Waals surface area contributed by atoms with Gasteiger partial charge in [-0.15, -0.1) is 0 Å². The second-order valence-electron chi connectivity index (χ2n) is 7.65. The van der Waals surface area contributed by atoms with Crippen molar-refractivity contribution in [3.63, 3.8) is 0 Å². The van der Waals surface area contributed by atoms with Gasteiger partial charge in [-0.2, -0.15) is 0 Å². The zero-order chi connectivity index (χ0) is 26.8. The number of pyridine rings is 1. The Kier molecular flexibility index (Phi) is 6.94. The first-order chi connectivity index (χ1) is 18.4. The lowest BCUT2D eigenvalue weighted by Gasteiger charge is -2.04. The molecule has 3 heterocycles. The minimum atomic E-state index is -0.522. The Hall–Kier alpha value is -4.49. The number of benzene rings is 2. The van der Waals surface area contributed by atoms with Gasteiger partial charge in [-0.25, -0.2) is 15.0 Å². The van der Waals surface area contributed by atoms with Crippen LogP contribution in [0, 0.1) is 0 Å². The van der Waals surface area contributed by atoms with E-state index in [1.807, 2.05) is 0 Å². The third kappa shape index (κ3) is 4.64. The highest BCUT2D eigenvalue weighted by Crippen LogP contribution is 2.40. The fourth-order valence-electron chi connectivity index (χ4n) is 3.69. The number of rotatable bonds is 8. The molecule has 3 aromatic heterocycles. The van der Waals surface area contributed by atoms with Crippen molar-refractivity contribution in [3.8, 4) is 23.0 Å². The minimum absolute atomic E-state index is 0.0449. The Bertz CT molecular complexity index is 1480. The minimum Gasteiger partial charge on any atom is -0.495 e. The van der Waals surface area contributed by atoms with Crippen LogP contribution in [0.15, 0.2) is 42.5 Å². The van der Waals surface area contributed by atoms with E-state index in [9.17, 15) is 9.59 Å². The molecule has 0 saturated carbocycles. The van der Waals surface area contributed by atoms with E-state index < -0.39 is 11.8 Å². The van der Waals surface area contributed by atoms with Gasteiger partial charge in [-0.05, 0) is 36.4 Å². The maximum absolute atomic E-state index is 13.0. The zero-order valence-electron chi connectivity index (χ0n) is 20.6. The number of hydrogen-bond acceptors (Lipinski definition) is 11. The molecule has 0 radical (unpaired) electrons. The van der Waals surface area contributed by atoms with Gasteiger partial charge in [-0.1, -0.05) is 28.7 Å². The van der Waals surface area contributed by atoms with Crippen molar-refractivity contribution in [1.82, 2.24) is 15.0 Å². The SMILES string of the molecule is COc1ccc(OC)c2sc(NC(=O)c3cccc(C(=O)Nc4nc5c(OC)ccc(OC)c5s4)n3)nc12. The lowest BCUT2D eigenvalue weighted by atomic mass is 10.3. The second kappa shape index (κ2) is 10.5. The van der Waals surface area contributed by atoms with Crippen LogP contribution >= 0.6 is 22.7 Å². The van der Waals surface area contributed by atoms with Gasteiger partial charge in [-0.3, -0.25) is 20.2 Å². The molecule has 2 amide bonds. The summed E-state index contributed by atoms with van der Waals surface area (Å²) in [6.45, 7) is 0. The molecule has 2 aromatic carbocycles. The predicted octanol–water partition coefficient (Wildman–Crippen LogP) is 4.84. The first-order valence-electron chi connectivity index (χ1n) is 11.1. The third-order valence-electron chi connectivity index (χ3n) is 5.48. The summed E-state index contributed by atoms with van der Waals surface area (Å²) >= 11 is 2.48. The standard InChI is InChI=1S/C25H21N5O6S2/c1-33-14-8-10-16(35-3)20-18(14)27-24(37-20)29-22(31)12-6-5-7-13(26-12)23(32)30-25-28-19-15(34-2)9-11-17(36-4)21(19)38-25/h5-11H,1-4H3,(H,27,29,31)(H,28,30,32). The molecule has 0 aliphatic carbocycles. The fraction of sp³-hybridized carbons (Fsp3) is 0.160. The summed E-state index contributed by atoms with van der Waals surface area (Å²) in [7, 11) is 6.20. The first kappa shape index (κ1) is 25.2. The van der Waals surface area contributed by atoms with Gasteiger partial charge < -0.3 is 18.9 Å². The number of ether oxygens (including phenoxy) is 4. The Morgan fingerprint density at radius 3 is 1.39 bits per heavy atom. The van der Waals surface area contributed by atoms with E-state index in [2.05, 4.69) is 25.6 Å². The zero-order valence-corrected chi connectivity index (χ0v) is 22.3. The Labute approximate surface area is 224 Å². The summed E-state index contributed by atoms with van der Waals surface area (Å²) in [6.07, 6.45) is 0. The van der Waals surface area contributed by atoms with Crippen LogP contribution in [0.4, 0.5) is 10.3 Å². The van der Waals surface area contributed by atoms with Crippen LogP contribution in [0.3, 0.4) is 0 Å². The number of carbonyl (C=O) groups excluding carboxylic acids is 2. The quantitative estimate of drug-likeness (QED) is 0.278. The number of methoxy groups -OCH3 is 4. The normalized spacial score (nSPS) is 10.8. The van der Waals surface area contributed by atoms with Crippen LogP contribution in [-0.4, -0.2) is 55.2 Å². The number of nitrogens with zero attached hydrogens (tertiary/aromatic N) is 3. The number of fused-ring (bicyclic) bond motifs is 2. The maximum atomic E-state index is 13.0. The summed E-state index contributed by atoms with van der Waals surface area (Å²) in [4.78, 5) is 39.1. The summed E-state index contributed by atoms with van der Waals surface area (Å²) < 4.78 is 23.0. The van der Waals surface area contributed by atoms with Gasteiger partial charge in [0.2, 0.25) is 0 Å². The predicted molar refractivity (Wildman–Crippen MR) is 146 cm³/mol. The lowest BCUT2D eigenvalue weighted by molar-refractivity contribution is 0.101. The van der Waals surface area contributed by atoms with Crippen LogP contribution in [0.2, 0.25) is 0 Å². The molecule has 0 atom stereocenters. The number of anilines is 2. The molecular weight excluding hydrogens is 530 g/mol. The van der Waals surface area contributed by atoms with E-state index in [-0.39, 0.29) is 11.4 Å². The summed E-state index contributed by atoms with van der Waals surface area (Å²) in [5.74, 6) is 1.29. The molecule has 0 aliphatic heterocycles. The number of aromatic nitrogens is 3. The highest BCUT2D eigenvalue weighted by atomic mass is 32.1. The van der Waals surface area contributed by atoms with Crippen LogP contribution in [0.1, 0.15) is 21.0 Å². The Balaban J connectivity index is 1.36. The average Bonchev–Trinajstić information content (AvgIpc) is 3.56. The van der Waals surface area contributed by atoms with E-state index in [1.54, 1.807) is 58.8 Å². The number of hydrogen-bond donors (Lipinski definition) is 2. The topological polar surface area (TPSA) is 134 Å². The van der Waals surface area contributed by atoms with Crippen LogP contribution in [0.5, 0.6) is 23.0 Å². The van der Waals surface area contributed by atoms with Crippen molar-refractivity contribution in [3.05, 3.63) is 53.9 Å². The molecule has 0 spiro atoms. The fourth-order valence-corrected chi connectivity index (χ4v) is 5.63. The molecule has 5 rings (SSSR count). The number of amides is 2. The molecule has 194 valence electrons. The van der Waals surface area contributed by atoms with Crippen LogP contribution in [-0.2, 0) is 0 Å². The largest absolute Gasteiger partial charge is 0.495 e. The molecule has 11 nitrogen and oxygen atoms in total. The monoisotopic (exact) mass is 551 g/mol. The van der Waals surface area contributed by atoms with Crippen LogP contribution in [0.25, 0.3) is 20.4 Å². The number of thiazole rings is 2. The summed E-state index contributed by atoms with van der Waals surface area (Å²) in [5, 5.41) is 6.14. The number of carbonyl (C=O) groups is 2. The molecule has 38 heavy (non-hydrogen) atoms. The molecule has 13 heteroatoms. The van der Waals surface area contributed by atoms with Crippen molar-refractivity contribution in [1.29, 1.82) is 0 Å². The van der Waals surface area contributed by atoms with Gasteiger partial charge >= 0.3 is 0 Å². The van der Waals surface area contributed by atoms with Crippen molar-refractivity contribution in [2.75, 3.05) is 39.1 Å². The molecule has 5 aromatic rings. The Morgan fingerprint density at radius 2 is 1.00 bits per heavy atom. The molecule has 2 N–H and O–H groups in total. The molecule has 0 unspecified atom stereocenters. The lowest BCUT2D eigenvalue weighted by Crippen LogP contribution is -2.18. The van der Waals surface area contributed by atoms with Crippen molar-refractivity contribution < 1.29 is 28.5 Å². The Morgan fingerprint density at radius 1 is 0.605 bits per heavy atom. The molecule has 0 saturated heterocycles. The molecule has 0 aliphatic rings. The highest BCUT2D eigenvalue weighted by Gasteiger charge is 2.19. The van der Waals surface area contributed by atoms with E-state index >= 15 is 0 Å². The van der Waals surface area contributed by atoms with Gasteiger partial charge in [0.25, 0.3) is 11.8 Å². The van der Waals surface area contributed by atoms with E-state index in [0.717, 1.165) is 9.40 Å². The summed E-state index contributed by atoms with van der Waals surface area (Å²) in [5.41, 5.74) is 1.22. The molecule has 0 bridgehead atoms. The van der Waals surface area contributed by atoms with E-state index in [4.69, 9.17) is 18.9 Å². The third-order valence-corrected chi connectivity index (χ3v) is 7.45. The van der Waals surface area contributed by atoms with Crippen LogP contribution < -0.4 is 29.6 Å². The van der Waals surface area contributed by atoms with Gasteiger partial charge in [0, 0.05) is 0 Å². The van der Waals surface area contributed by atoms with Crippen molar-refractivity contribution >= 4 is 65.2 Å². The maximum Gasteiger partial charge on any atom is 0.276 e.